The molecule has 0 spiro atoms. The maximum absolute atomic E-state index is 4.27. The van der Waals surface area contributed by atoms with Crippen LogP contribution >= 0.6 is 0 Å². The first-order valence-corrected chi connectivity index (χ1v) is 4.88. The van der Waals surface area contributed by atoms with E-state index in [2.05, 4.69) is 20.7 Å². The highest BCUT2D eigenvalue weighted by Crippen LogP contribution is 2.11. The Morgan fingerprint density at radius 3 is 2.80 bits per heavy atom. The number of rotatable bonds is 4. The van der Waals surface area contributed by atoms with Crippen molar-refractivity contribution in [3.8, 4) is 11.4 Å². The van der Waals surface area contributed by atoms with Gasteiger partial charge >= 0.3 is 0 Å². The van der Waals surface area contributed by atoms with Crippen molar-refractivity contribution < 1.29 is 0 Å². The second-order valence-electron chi connectivity index (χ2n) is 3.18. The van der Waals surface area contributed by atoms with E-state index in [-0.39, 0.29) is 0 Å². The van der Waals surface area contributed by atoms with Crippen molar-refractivity contribution in [2.24, 2.45) is 0 Å². The van der Waals surface area contributed by atoms with E-state index >= 15 is 0 Å². The minimum atomic E-state index is 0.673. The van der Waals surface area contributed by atoms with Gasteiger partial charge in [0.25, 0.3) is 0 Å². The molecule has 5 nitrogen and oxygen atoms in total. The first-order chi connectivity index (χ1) is 7.40. The highest BCUT2D eigenvalue weighted by atomic mass is 15.6. The number of tetrazole rings is 1. The van der Waals surface area contributed by atoms with Crippen LogP contribution in [0.2, 0.25) is 0 Å². The van der Waals surface area contributed by atoms with E-state index in [1.807, 2.05) is 37.4 Å². The summed E-state index contributed by atoms with van der Waals surface area (Å²) in [7, 11) is 1.90. The number of nitrogens with one attached hydrogen (secondary N) is 1. The molecule has 0 atom stereocenters. The molecule has 1 heterocycles. The number of aromatic nitrogens is 4. The summed E-state index contributed by atoms with van der Waals surface area (Å²) in [5, 5.41) is 15.3. The Hall–Kier alpha value is -1.75. The fourth-order valence-electron chi connectivity index (χ4n) is 1.25. The normalized spacial score (nSPS) is 10.5. The minimum Gasteiger partial charge on any atom is -0.318 e. The third-order valence-electron chi connectivity index (χ3n) is 2.05. The average Bonchev–Trinajstić information content (AvgIpc) is 2.76. The molecule has 1 aromatic heterocycles. The maximum atomic E-state index is 4.27. The van der Waals surface area contributed by atoms with Crippen molar-refractivity contribution in [2.45, 2.75) is 6.54 Å². The van der Waals surface area contributed by atoms with Crippen LogP contribution in [0.15, 0.2) is 30.3 Å². The van der Waals surface area contributed by atoms with E-state index in [0.29, 0.717) is 5.82 Å². The van der Waals surface area contributed by atoms with Gasteiger partial charge in [0.1, 0.15) is 0 Å². The fraction of sp³-hybridized carbons (Fsp3) is 0.300. The quantitative estimate of drug-likeness (QED) is 0.788. The molecule has 1 aromatic carbocycles. The lowest BCUT2D eigenvalue weighted by atomic mass is 10.2. The molecule has 0 saturated heterocycles. The molecule has 0 saturated carbocycles. The number of benzene rings is 1. The van der Waals surface area contributed by atoms with Crippen LogP contribution in [0, 0.1) is 0 Å². The summed E-state index contributed by atoms with van der Waals surface area (Å²) < 4.78 is 0. The summed E-state index contributed by atoms with van der Waals surface area (Å²) >= 11 is 0. The SMILES string of the molecule is CNCCn1nnc(-c2ccccc2)n1. The lowest BCUT2D eigenvalue weighted by Crippen LogP contribution is -2.16. The molecule has 2 rings (SSSR count). The Balaban J connectivity index is 2.14. The van der Waals surface area contributed by atoms with Crippen molar-refractivity contribution in [3.63, 3.8) is 0 Å². The molecule has 5 heteroatoms. The standard InChI is InChI=1S/C10H13N5/c1-11-7-8-15-13-10(12-14-15)9-5-3-2-4-6-9/h2-6,11H,7-8H2,1H3. The number of hydrogen-bond donors (Lipinski definition) is 1. The van der Waals surface area contributed by atoms with Crippen LogP contribution in [-0.4, -0.2) is 33.8 Å². The Morgan fingerprint density at radius 2 is 2.07 bits per heavy atom. The van der Waals surface area contributed by atoms with Gasteiger partial charge in [0.2, 0.25) is 5.82 Å². The topological polar surface area (TPSA) is 55.6 Å². The van der Waals surface area contributed by atoms with Crippen molar-refractivity contribution in [3.05, 3.63) is 30.3 Å². The number of hydrogen-bond acceptors (Lipinski definition) is 4. The summed E-state index contributed by atoms with van der Waals surface area (Å²) in [4.78, 5) is 1.60. The van der Waals surface area contributed by atoms with Crippen molar-refractivity contribution in [1.82, 2.24) is 25.5 Å². The Kier molecular flexibility index (Phi) is 3.04. The summed E-state index contributed by atoms with van der Waals surface area (Å²) in [5.74, 6) is 0.673. The zero-order chi connectivity index (χ0) is 10.5. The van der Waals surface area contributed by atoms with Crippen LogP contribution in [0.5, 0.6) is 0 Å². The minimum absolute atomic E-state index is 0.673. The van der Waals surface area contributed by atoms with Crippen LogP contribution < -0.4 is 5.32 Å². The third-order valence-corrected chi connectivity index (χ3v) is 2.05. The Morgan fingerprint density at radius 1 is 1.27 bits per heavy atom. The fourth-order valence-corrected chi connectivity index (χ4v) is 1.25. The summed E-state index contributed by atoms with van der Waals surface area (Å²) in [5.41, 5.74) is 0.994. The Labute approximate surface area is 88.1 Å². The van der Waals surface area contributed by atoms with Gasteiger partial charge in [-0.25, -0.2) is 0 Å². The van der Waals surface area contributed by atoms with Crippen molar-refractivity contribution >= 4 is 0 Å². The van der Waals surface area contributed by atoms with Gasteiger partial charge in [-0.2, -0.15) is 4.80 Å². The van der Waals surface area contributed by atoms with E-state index < -0.39 is 0 Å². The van der Waals surface area contributed by atoms with E-state index in [4.69, 9.17) is 0 Å². The number of likely N-dealkylation sites (N-methyl/N-ethyl adjacent to an activating group) is 1. The predicted molar refractivity (Wildman–Crippen MR) is 57.2 cm³/mol. The smallest absolute Gasteiger partial charge is 0.204 e. The van der Waals surface area contributed by atoms with Crippen molar-refractivity contribution in [2.75, 3.05) is 13.6 Å². The molecule has 0 amide bonds. The van der Waals surface area contributed by atoms with Gasteiger partial charge in [0, 0.05) is 12.1 Å². The molecule has 0 aliphatic heterocycles. The lowest BCUT2D eigenvalue weighted by molar-refractivity contribution is 0.507. The molecule has 78 valence electrons. The predicted octanol–water partition coefficient (Wildman–Crippen LogP) is 0.559. The molecule has 0 radical (unpaired) electrons. The average molecular weight is 203 g/mol. The molecule has 0 bridgehead atoms. The van der Waals surface area contributed by atoms with Crippen LogP contribution in [-0.2, 0) is 6.54 Å². The van der Waals surface area contributed by atoms with Gasteiger partial charge in [-0.3, -0.25) is 0 Å². The van der Waals surface area contributed by atoms with Crippen LogP contribution in [0.1, 0.15) is 0 Å². The van der Waals surface area contributed by atoms with Gasteiger partial charge in [-0.05, 0) is 12.3 Å². The highest BCUT2D eigenvalue weighted by Gasteiger charge is 2.03. The highest BCUT2D eigenvalue weighted by molar-refractivity contribution is 5.52. The lowest BCUT2D eigenvalue weighted by Gasteiger charge is -1.95. The molecule has 1 N–H and O–H groups in total. The van der Waals surface area contributed by atoms with E-state index in [9.17, 15) is 0 Å². The molecular formula is C10H13N5. The van der Waals surface area contributed by atoms with E-state index in [0.717, 1.165) is 18.7 Å². The molecule has 2 aromatic rings. The molecule has 0 aliphatic rings. The maximum Gasteiger partial charge on any atom is 0.204 e. The first kappa shape index (κ1) is 9.79. The van der Waals surface area contributed by atoms with Gasteiger partial charge in [-0.15, -0.1) is 10.2 Å². The Bertz CT molecular complexity index is 409. The summed E-state index contributed by atoms with van der Waals surface area (Å²) in [6, 6.07) is 9.83. The number of nitrogens with zero attached hydrogens (tertiary/aromatic N) is 4. The molecule has 0 aliphatic carbocycles. The molecule has 0 unspecified atom stereocenters. The van der Waals surface area contributed by atoms with Crippen LogP contribution in [0.25, 0.3) is 11.4 Å². The van der Waals surface area contributed by atoms with E-state index in [1.165, 1.54) is 0 Å². The van der Waals surface area contributed by atoms with Gasteiger partial charge in [0.15, 0.2) is 0 Å². The van der Waals surface area contributed by atoms with Gasteiger partial charge < -0.3 is 5.32 Å². The molecule has 15 heavy (non-hydrogen) atoms. The van der Waals surface area contributed by atoms with Crippen LogP contribution in [0.4, 0.5) is 0 Å². The van der Waals surface area contributed by atoms with Gasteiger partial charge in [-0.1, -0.05) is 30.3 Å². The third kappa shape index (κ3) is 2.38. The summed E-state index contributed by atoms with van der Waals surface area (Å²) in [6.45, 7) is 1.57. The second-order valence-corrected chi connectivity index (χ2v) is 3.18. The molecule has 0 fully saturated rings. The monoisotopic (exact) mass is 203 g/mol. The van der Waals surface area contributed by atoms with Crippen molar-refractivity contribution in [1.29, 1.82) is 0 Å². The summed E-state index contributed by atoms with van der Waals surface area (Å²) in [6.07, 6.45) is 0. The van der Waals surface area contributed by atoms with Gasteiger partial charge in [0.05, 0.1) is 6.54 Å². The first-order valence-electron chi connectivity index (χ1n) is 4.88. The van der Waals surface area contributed by atoms with E-state index in [1.54, 1.807) is 4.80 Å². The molecular weight excluding hydrogens is 190 g/mol. The largest absolute Gasteiger partial charge is 0.318 e. The zero-order valence-corrected chi connectivity index (χ0v) is 8.59. The second kappa shape index (κ2) is 4.65. The van der Waals surface area contributed by atoms with Crippen LogP contribution in [0.3, 0.4) is 0 Å². The zero-order valence-electron chi connectivity index (χ0n) is 8.59.